The molecule has 0 heterocycles. The average molecular weight is 416 g/mol. The van der Waals surface area contributed by atoms with Gasteiger partial charge in [-0.1, -0.05) is 38.1 Å². The molecule has 3 rings (SSSR count). The lowest BCUT2D eigenvalue weighted by Crippen LogP contribution is -2.24. The number of ether oxygens (including phenoxy) is 3. The Morgan fingerprint density at radius 2 is 1.50 bits per heavy atom. The van der Waals surface area contributed by atoms with Gasteiger partial charge in [-0.15, -0.1) is 0 Å². The molecule has 0 unspecified atom stereocenters. The Morgan fingerprint density at radius 1 is 0.833 bits per heavy atom. The molecule has 0 aliphatic carbocycles. The minimum Gasteiger partial charge on any atom is -0.457 e. The zero-order valence-corrected chi connectivity index (χ0v) is 16.8. The van der Waals surface area contributed by atoms with E-state index in [1.165, 1.54) is 24.3 Å². The maximum absolute atomic E-state index is 13.0. The van der Waals surface area contributed by atoms with E-state index in [2.05, 4.69) is 4.74 Å². The van der Waals surface area contributed by atoms with E-state index in [-0.39, 0.29) is 17.0 Å². The van der Waals surface area contributed by atoms with Crippen molar-refractivity contribution in [2.45, 2.75) is 32.5 Å². The van der Waals surface area contributed by atoms with Gasteiger partial charge >= 0.3 is 6.61 Å². The van der Waals surface area contributed by atoms with Gasteiger partial charge in [0.1, 0.15) is 23.1 Å². The van der Waals surface area contributed by atoms with Crippen molar-refractivity contribution in [3.8, 4) is 17.2 Å². The minimum absolute atomic E-state index is 0.128. The second-order valence-corrected chi connectivity index (χ2v) is 7.48. The highest BCUT2D eigenvalue weighted by atomic mass is 19.3. The van der Waals surface area contributed by atoms with Crippen molar-refractivity contribution in [3.63, 3.8) is 0 Å². The summed E-state index contributed by atoms with van der Waals surface area (Å²) in [4.78, 5) is 0. The Labute approximate surface area is 174 Å². The van der Waals surface area contributed by atoms with Gasteiger partial charge in [0.05, 0.1) is 13.2 Å². The third-order valence-corrected chi connectivity index (χ3v) is 4.54. The molecule has 6 heteroatoms. The standard InChI is InChI=1S/C24H23F3O3/c1-24(2,18-6-10-21(11-7-18)30-23(26)27)16-28-15-17-4-3-5-22(14-17)29-20-12-8-19(25)9-13-20/h3-14,23H,15-16H2,1-2H3. The minimum atomic E-state index is -2.84. The van der Waals surface area contributed by atoms with Gasteiger partial charge in [0, 0.05) is 5.41 Å². The second-order valence-electron chi connectivity index (χ2n) is 7.48. The molecule has 30 heavy (non-hydrogen) atoms. The predicted octanol–water partition coefficient (Wildman–Crippen LogP) is 6.71. The molecule has 0 fully saturated rings. The van der Waals surface area contributed by atoms with Crippen LogP contribution in [0.4, 0.5) is 13.2 Å². The Kier molecular flexibility index (Phi) is 7.00. The maximum atomic E-state index is 13.0. The van der Waals surface area contributed by atoms with Crippen LogP contribution >= 0.6 is 0 Å². The first kappa shape index (κ1) is 21.7. The third kappa shape index (κ3) is 6.26. The first-order valence-corrected chi connectivity index (χ1v) is 9.47. The normalized spacial score (nSPS) is 11.5. The van der Waals surface area contributed by atoms with Crippen LogP contribution in [-0.4, -0.2) is 13.2 Å². The van der Waals surface area contributed by atoms with E-state index >= 15 is 0 Å². The molecule has 0 spiro atoms. The van der Waals surface area contributed by atoms with Crippen molar-refractivity contribution in [1.82, 2.24) is 0 Å². The molecule has 3 aromatic carbocycles. The van der Waals surface area contributed by atoms with Crippen LogP contribution < -0.4 is 9.47 Å². The quantitative estimate of drug-likeness (QED) is 0.388. The van der Waals surface area contributed by atoms with Crippen molar-refractivity contribution in [2.75, 3.05) is 6.61 Å². The third-order valence-electron chi connectivity index (χ3n) is 4.54. The molecule has 0 saturated carbocycles. The lowest BCUT2D eigenvalue weighted by atomic mass is 9.85. The summed E-state index contributed by atoms with van der Waals surface area (Å²) in [5, 5.41) is 0. The fourth-order valence-electron chi connectivity index (χ4n) is 2.93. The van der Waals surface area contributed by atoms with E-state index < -0.39 is 6.61 Å². The summed E-state index contributed by atoms with van der Waals surface area (Å²) in [6, 6.07) is 19.9. The van der Waals surface area contributed by atoms with Crippen LogP contribution in [0.3, 0.4) is 0 Å². The molecule has 0 aliphatic heterocycles. The van der Waals surface area contributed by atoms with Crippen molar-refractivity contribution >= 4 is 0 Å². The highest BCUT2D eigenvalue weighted by Gasteiger charge is 2.21. The first-order chi connectivity index (χ1) is 14.3. The second kappa shape index (κ2) is 9.67. The number of benzene rings is 3. The lowest BCUT2D eigenvalue weighted by Gasteiger charge is -2.25. The smallest absolute Gasteiger partial charge is 0.387 e. The van der Waals surface area contributed by atoms with Gasteiger partial charge in [-0.05, 0) is 59.7 Å². The zero-order chi connectivity index (χ0) is 21.6. The van der Waals surface area contributed by atoms with E-state index in [0.717, 1.165) is 11.1 Å². The van der Waals surface area contributed by atoms with E-state index in [4.69, 9.17) is 9.47 Å². The number of hydrogen-bond acceptors (Lipinski definition) is 3. The highest BCUT2D eigenvalue weighted by Crippen LogP contribution is 2.27. The van der Waals surface area contributed by atoms with Crippen LogP contribution in [0.1, 0.15) is 25.0 Å². The van der Waals surface area contributed by atoms with Crippen LogP contribution in [0.25, 0.3) is 0 Å². The molecule has 3 nitrogen and oxygen atoms in total. The molecule has 0 aromatic heterocycles. The van der Waals surface area contributed by atoms with E-state index in [1.54, 1.807) is 24.3 Å². The fourth-order valence-corrected chi connectivity index (χ4v) is 2.93. The Morgan fingerprint density at radius 3 is 2.17 bits per heavy atom. The molecule has 3 aromatic rings. The first-order valence-electron chi connectivity index (χ1n) is 9.47. The summed E-state index contributed by atoms with van der Waals surface area (Å²) in [5.74, 6) is 0.998. The van der Waals surface area contributed by atoms with Crippen molar-refractivity contribution in [2.24, 2.45) is 0 Å². The molecule has 0 atom stereocenters. The molecule has 0 bridgehead atoms. The molecular formula is C24H23F3O3. The summed E-state index contributed by atoms with van der Waals surface area (Å²) in [6.07, 6.45) is 0. The van der Waals surface area contributed by atoms with Crippen LogP contribution in [0.15, 0.2) is 72.8 Å². The van der Waals surface area contributed by atoms with E-state index in [1.807, 2.05) is 38.1 Å². The van der Waals surface area contributed by atoms with Crippen LogP contribution in [0.2, 0.25) is 0 Å². The van der Waals surface area contributed by atoms with Gasteiger partial charge in [0.25, 0.3) is 0 Å². The van der Waals surface area contributed by atoms with Gasteiger partial charge in [-0.25, -0.2) is 4.39 Å². The monoisotopic (exact) mass is 416 g/mol. The molecule has 0 N–H and O–H groups in total. The molecule has 0 saturated heterocycles. The molecule has 0 aliphatic rings. The highest BCUT2D eigenvalue weighted by molar-refractivity contribution is 5.34. The summed E-state index contributed by atoms with van der Waals surface area (Å²) in [5.41, 5.74) is 1.58. The van der Waals surface area contributed by atoms with E-state index in [0.29, 0.717) is 24.7 Å². The largest absolute Gasteiger partial charge is 0.457 e. The molecule has 0 radical (unpaired) electrons. The number of rotatable bonds is 9. The van der Waals surface area contributed by atoms with Gasteiger partial charge in [-0.3, -0.25) is 0 Å². The average Bonchev–Trinajstić information content (AvgIpc) is 2.70. The fraction of sp³-hybridized carbons (Fsp3) is 0.250. The van der Waals surface area contributed by atoms with Crippen molar-refractivity contribution in [1.29, 1.82) is 0 Å². The summed E-state index contributed by atoms with van der Waals surface area (Å²) in [7, 11) is 0. The topological polar surface area (TPSA) is 27.7 Å². The number of halogens is 3. The van der Waals surface area contributed by atoms with Gasteiger partial charge in [0.15, 0.2) is 0 Å². The van der Waals surface area contributed by atoms with Gasteiger partial charge in [0.2, 0.25) is 0 Å². The van der Waals surface area contributed by atoms with Crippen LogP contribution in [0.5, 0.6) is 17.2 Å². The zero-order valence-electron chi connectivity index (χ0n) is 16.8. The van der Waals surface area contributed by atoms with Crippen LogP contribution in [-0.2, 0) is 16.8 Å². The molecular weight excluding hydrogens is 393 g/mol. The molecule has 158 valence electrons. The van der Waals surface area contributed by atoms with Gasteiger partial charge in [-0.2, -0.15) is 8.78 Å². The van der Waals surface area contributed by atoms with Crippen LogP contribution in [0, 0.1) is 5.82 Å². The van der Waals surface area contributed by atoms with Gasteiger partial charge < -0.3 is 14.2 Å². The lowest BCUT2D eigenvalue weighted by molar-refractivity contribution is -0.0498. The molecule has 0 amide bonds. The number of hydrogen-bond donors (Lipinski definition) is 0. The Hall–Kier alpha value is -2.99. The Balaban J connectivity index is 1.55. The predicted molar refractivity (Wildman–Crippen MR) is 109 cm³/mol. The summed E-state index contributed by atoms with van der Waals surface area (Å²) < 4.78 is 53.6. The Bertz CT molecular complexity index is 939. The maximum Gasteiger partial charge on any atom is 0.387 e. The summed E-state index contributed by atoms with van der Waals surface area (Å²) in [6.45, 7) is 2.02. The summed E-state index contributed by atoms with van der Waals surface area (Å²) >= 11 is 0. The van der Waals surface area contributed by atoms with Crippen molar-refractivity contribution in [3.05, 3.63) is 89.7 Å². The van der Waals surface area contributed by atoms with E-state index in [9.17, 15) is 13.2 Å². The van der Waals surface area contributed by atoms with Crippen molar-refractivity contribution < 1.29 is 27.4 Å². The SMILES string of the molecule is CC(C)(COCc1cccc(Oc2ccc(F)cc2)c1)c1ccc(OC(F)F)cc1. The number of alkyl halides is 2.